The SMILES string of the molecule is CC(C)(C)c1nc(-c2ccccc2)sc1C(C)(C)C. The van der Waals surface area contributed by atoms with Crippen LogP contribution >= 0.6 is 11.3 Å². The lowest BCUT2D eigenvalue weighted by Crippen LogP contribution is -2.20. The van der Waals surface area contributed by atoms with Crippen LogP contribution in [0.15, 0.2) is 30.3 Å². The molecule has 1 heterocycles. The molecular formula is C17H23NS. The first kappa shape index (κ1) is 14.3. The molecule has 19 heavy (non-hydrogen) atoms. The Hall–Kier alpha value is -1.15. The third-order valence-electron chi connectivity index (χ3n) is 3.04. The van der Waals surface area contributed by atoms with E-state index in [9.17, 15) is 0 Å². The molecule has 0 saturated carbocycles. The molecule has 0 atom stereocenters. The molecule has 0 fully saturated rings. The summed E-state index contributed by atoms with van der Waals surface area (Å²) in [5.74, 6) is 0. The van der Waals surface area contributed by atoms with Crippen molar-refractivity contribution in [1.82, 2.24) is 4.98 Å². The van der Waals surface area contributed by atoms with Crippen LogP contribution in [-0.4, -0.2) is 4.98 Å². The molecular weight excluding hydrogens is 250 g/mol. The molecule has 0 unspecified atom stereocenters. The molecule has 2 heteroatoms. The molecule has 1 nitrogen and oxygen atoms in total. The minimum absolute atomic E-state index is 0.0894. The first-order valence-corrected chi connectivity index (χ1v) is 7.58. The van der Waals surface area contributed by atoms with Crippen LogP contribution in [0, 0.1) is 0 Å². The van der Waals surface area contributed by atoms with Gasteiger partial charge >= 0.3 is 0 Å². The summed E-state index contributed by atoms with van der Waals surface area (Å²) in [6.07, 6.45) is 0. The number of rotatable bonds is 1. The Labute approximate surface area is 120 Å². The summed E-state index contributed by atoms with van der Waals surface area (Å²) in [6.45, 7) is 13.5. The fraction of sp³-hybridized carbons (Fsp3) is 0.471. The van der Waals surface area contributed by atoms with Gasteiger partial charge in [-0.1, -0.05) is 71.9 Å². The average Bonchev–Trinajstić information content (AvgIpc) is 2.74. The van der Waals surface area contributed by atoms with Crippen LogP contribution in [0.3, 0.4) is 0 Å². The monoisotopic (exact) mass is 273 g/mol. The summed E-state index contributed by atoms with van der Waals surface area (Å²) in [5, 5.41) is 1.13. The lowest BCUT2D eigenvalue weighted by Gasteiger charge is -2.24. The van der Waals surface area contributed by atoms with Crippen molar-refractivity contribution in [2.45, 2.75) is 52.4 Å². The number of nitrogens with zero attached hydrogens (tertiary/aromatic N) is 1. The molecule has 0 bridgehead atoms. The summed E-state index contributed by atoms with van der Waals surface area (Å²) < 4.78 is 0. The Morgan fingerprint density at radius 3 is 1.84 bits per heavy atom. The molecule has 0 amide bonds. The van der Waals surface area contributed by atoms with Gasteiger partial charge in [0.2, 0.25) is 0 Å². The summed E-state index contributed by atoms with van der Waals surface area (Å²) in [6, 6.07) is 10.5. The fourth-order valence-electron chi connectivity index (χ4n) is 2.04. The fourth-order valence-corrected chi connectivity index (χ4v) is 3.38. The molecule has 102 valence electrons. The normalized spacial score (nSPS) is 12.7. The van der Waals surface area contributed by atoms with Gasteiger partial charge in [-0.05, 0) is 5.41 Å². The Bertz CT molecular complexity index is 522. The highest BCUT2D eigenvalue weighted by Crippen LogP contribution is 2.40. The van der Waals surface area contributed by atoms with E-state index >= 15 is 0 Å². The van der Waals surface area contributed by atoms with E-state index in [4.69, 9.17) is 4.98 Å². The van der Waals surface area contributed by atoms with Gasteiger partial charge in [-0.15, -0.1) is 11.3 Å². The van der Waals surface area contributed by atoms with Crippen molar-refractivity contribution in [1.29, 1.82) is 0 Å². The Morgan fingerprint density at radius 1 is 0.842 bits per heavy atom. The van der Waals surface area contributed by atoms with Crippen molar-refractivity contribution in [3.63, 3.8) is 0 Å². The third kappa shape index (κ3) is 3.06. The molecule has 0 aliphatic heterocycles. The van der Waals surface area contributed by atoms with E-state index in [1.807, 2.05) is 17.4 Å². The zero-order valence-electron chi connectivity index (χ0n) is 12.7. The molecule has 0 aliphatic rings. The summed E-state index contributed by atoms with van der Waals surface area (Å²) in [7, 11) is 0. The standard InChI is InChI=1S/C17H23NS/c1-16(2,3)13-14(17(4,5)6)19-15(18-13)12-10-8-7-9-11-12/h7-11H,1-6H3. The smallest absolute Gasteiger partial charge is 0.123 e. The van der Waals surface area contributed by atoms with Gasteiger partial charge in [0, 0.05) is 15.9 Å². The van der Waals surface area contributed by atoms with Gasteiger partial charge < -0.3 is 0 Å². The van der Waals surface area contributed by atoms with Crippen molar-refractivity contribution >= 4 is 11.3 Å². The molecule has 0 spiro atoms. The Morgan fingerprint density at radius 2 is 1.42 bits per heavy atom. The van der Waals surface area contributed by atoms with Gasteiger partial charge in [-0.25, -0.2) is 4.98 Å². The Balaban J connectivity index is 2.59. The number of hydrogen-bond donors (Lipinski definition) is 0. The zero-order chi connectivity index (χ0) is 14.3. The first-order chi connectivity index (χ1) is 8.69. The summed E-state index contributed by atoms with van der Waals surface area (Å²) >= 11 is 1.84. The van der Waals surface area contributed by atoms with E-state index in [2.05, 4.69) is 65.8 Å². The molecule has 1 aromatic carbocycles. The van der Waals surface area contributed by atoms with Gasteiger partial charge in [-0.3, -0.25) is 0 Å². The van der Waals surface area contributed by atoms with Crippen LogP contribution in [0.2, 0.25) is 0 Å². The largest absolute Gasteiger partial charge is 0.240 e. The van der Waals surface area contributed by atoms with Crippen LogP contribution in [0.5, 0.6) is 0 Å². The maximum atomic E-state index is 4.94. The van der Waals surface area contributed by atoms with E-state index in [0.29, 0.717) is 0 Å². The van der Waals surface area contributed by atoms with Crippen LogP contribution in [0.4, 0.5) is 0 Å². The van der Waals surface area contributed by atoms with Gasteiger partial charge in [0.1, 0.15) is 5.01 Å². The highest BCUT2D eigenvalue weighted by atomic mass is 32.1. The topological polar surface area (TPSA) is 12.9 Å². The van der Waals surface area contributed by atoms with E-state index in [0.717, 1.165) is 5.01 Å². The number of hydrogen-bond acceptors (Lipinski definition) is 2. The third-order valence-corrected chi connectivity index (χ3v) is 4.57. The van der Waals surface area contributed by atoms with Crippen LogP contribution in [-0.2, 0) is 10.8 Å². The van der Waals surface area contributed by atoms with Crippen molar-refractivity contribution < 1.29 is 0 Å². The number of benzene rings is 1. The van der Waals surface area contributed by atoms with E-state index < -0.39 is 0 Å². The highest BCUT2D eigenvalue weighted by Gasteiger charge is 2.29. The predicted octanol–water partition coefficient (Wildman–Crippen LogP) is 5.41. The average molecular weight is 273 g/mol. The highest BCUT2D eigenvalue weighted by molar-refractivity contribution is 7.15. The molecule has 2 aromatic rings. The number of thiazole rings is 1. The van der Waals surface area contributed by atoms with Gasteiger partial charge in [-0.2, -0.15) is 0 Å². The van der Waals surface area contributed by atoms with Gasteiger partial charge in [0.25, 0.3) is 0 Å². The summed E-state index contributed by atoms with van der Waals surface area (Å²) in [4.78, 5) is 6.34. The van der Waals surface area contributed by atoms with Crippen molar-refractivity contribution in [3.05, 3.63) is 40.9 Å². The number of aromatic nitrogens is 1. The van der Waals surface area contributed by atoms with Crippen molar-refractivity contribution in [2.24, 2.45) is 0 Å². The maximum absolute atomic E-state index is 4.94. The molecule has 0 aliphatic carbocycles. The van der Waals surface area contributed by atoms with Crippen molar-refractivity contribution in [3.8, 4) is 10.6 Å². The van der Waals surface area contributed by atoms with E-state index in [1.54, 1.807) is 0 Å². The summed E-state index contributed by atoms with van der Waals surface area (Å²) in [5.41, 5.74) is 2.69. The van der Waals surface area contributed by atoms with Crippen LogP contribution in [0.25, 0.3) is 10.6 Å². The van der Waals surface area contributed by atoms with Crippen LogP contribution < -0.4 is 0 Å². The minimum Gasteiger partial charge on any atom is -0.240 e. The van der Waals surface area contributed by atoms with E-state index in [1.165, 1.54) is 16.1 Å². The van der Waals surface area contributed by atoms with Gasteiger partial charge in [0.05, 0.1) is 5.69 Å². The lowest BCUT2D eigenvalue weighted by molar-refractivity contribution is 0.527. The van der Waals surface area contributed by atoms with Gasteiger partial charge in [0.15, 0.2) is 0 Å². The quantitative estimate of drug-likeness (QED) is 0.677. The first-order valence-electron chi connectivity index (χ1n) is 6.77. The maximum Gasteiger partial charge on any atom is 0.123 e. The molecule has 0 N–H and O–H groups in total. The second kappa shape index (κ2) is 4.75. The predicted molar refractivity (Wildman–Crippen MR) is 85.0 cm³/mol. The molecule has 0 radical (unpaired) electrons. The second-order valence-corrected chi connectivity index (χ2v) is 8.06. The zero-order valence-corrected chi connectivity index (χ0v) is 13.6. The Kier molecular flexibility index (Phi) is 3.57. The van der Waals surface area contributed by atoms with Crippen molar-refractivity contribution in [2.75, 3.05) is 0 Å². The lowest BCUT2D eigenvalue weighted by atomic mass is 9.84. The minimum atomic E-state index is 0.0894. The van der Waals surface area contributed by atoms with Crippen LogP contribution in [0.1, 0.15) is 52.1 Å². The molecule has 1 aromatic heterocycles. The van der Waals surface area contributed by atoms with E-state index in [-0.39, 0.29) is 10.8 Å². The molecule has 2 rings (SSSR count). The molecule has 0 saturated heterocycles. The second-order valence-electron chi connectivity index (χ2n) is 7.06.